The number of ether oxygens (including phenoxy) is 1. The lowest BCUT2D eigenvalue weighted by Crippen LogP contribution is -1.95. The highest BCUT2D eigenvalue weighted by Gasteiger charge is 2.10. The van der Waals surface area contributed by atoms with Crippen LogP contribution < -0.4 is 4.74 Å². The fourth-order valence-corrected chi connectivity index (χ4v) is 1.89. The van der Waals surface area contributed by atoms with Gasteiger partial charge in [0.25, 0.3) is 0 Å². The predicted molar refractivity (Wildman–Crippen MR) is 72.8 cm³/mol. The lowest BCUT2D eigenvalue weighted by atomic mass is 10.1. The van der Waals surface area contributed by atoms with Gasteiger partial charge in [-0.3, -0.25) is 9.48 Å². The minimum atomic E-state index is 0.0215. The van der Waals surface area contributed by atoms with E-state index in [0.29, 0.717) is 22.8 Å². The number of aromatic nitrogens is 4. The monoisotopic (exact) mass is 268 g/mol. The smallest absolute Gasteiger partial charge is 0.233 e. The maximum atomic E-state index is 11.2. The van der Waals surface area contributed by atoms with Crippen LogP contribution in [0.1, 0.15) is 17.3 Å². The summed E-state index contributed by atoms with van der Waals surface area (Å²) in [6.45, 7) is 1.53. The Bertz CT molecular complexity index is 777. The summed E-state index contributed by atoms with van der Waals surface area (Å²) in [6, 6.07) is 6.92. The molecule has 0 fully saturated rings. The van der Waals surface area contributed by atoms with E-state index >= 15 is 0 Å². The second-order valence-electron chi connectivity index (χ2n) is 4.37. The Labute approximate surface area is 115 Å². The van der Waals surface area contributed by atoms with Crippen LogP contribution in [0, 0.1) is 0 Å². The van der Waals surface area contributed by atoms with Gasteiger partial charge in [-0.05, 0) is 31.2 Å². The van der Waals surface area contributed by atoms with Crippen LogP contribution in [0.4, 0.5) is 0 Å². The third-order valence-electron chi connectivity index (χ3n) is 2.97. The molecule has 0 aliphatic carbocycles. The van der Waals surface area contributed by atoms with Gasteiger partial charge in [-0.15, -0.1) is 0 Å². The second-order valence-corrected chi connectivity index (χ2v) is 4.37. The first-order valence-corrected chi connectivity index (χ1v) is 6.07. The Hall–Kier alpha value is -2.76. The first kappa shape index (κ1) is 12.3. The molecule has 3 rings (SSSR count). The topological polar surface area (TPSA) is 69.9 Å². The van der Waals surface area contributed by atoms with Crippen molar-refractivity contribution >= 4 is 16.8 Å². The lowest BCUT2D eigenvalue weighted by Gasteiger charge is -2.05. The first-order chi connectivity index (χ1) is 9.65. The standard InChI is InChI=1S/C14H12N4O2/c1-9(19)10-3-5-11(6-4-10)20-14-12-7-17-18(2)13(12)15-8-16-14/h3-8H,1-2H3. The van der Waals surface area contributed by atoms with Gasteiger partial charge in [0, 0.05) is 12.6 Å². The summed E-state index contributed by atoms with van der Waals surface area (Å²) < 4.78 is 7.38. The zero-order valence-electron chi connectivity index (χ0n) is 11.1. The number of ketones is 1. The molecule has 100 valence electrons. The Morgan fingerprint density at radius 1 is 1.20 bits per heavy atom. The highest BCUT2D eigenvalue weighted by Crippen LogP contribution is 2.26. The number of carbonyl (C=O) groups is 1. The summed E-state index contributed by atoms with van der Waals surface area (Å²) in [6.07, 6.45) is 3.10. The summed E-state index contributed by atoms with van der Waals surface area (Å²) in [4.78, 5) is 19.5. The molecule has 0 N–H and O–H groups in total. The molecule has 0 aliphatic heterocycles. The van der Waals surface area contributed by atoms with E-state index in [1.165, 1.54) is 13.3 Å². The Kier molecular flexibility index (Phi) is 2.90. The van der Waals surface area contributed by atoms with Crippen molar-refractivity contribution in [3.8, 4) is 11.6 Å². The Balaban J connectivity index is 1.95. The van der Waals surface area contributed by atoms with Crippen LogP contribution in [-0.2, 0) is 7.05 Å². The van der Waals surface area contributed by atoms with Gasteiger partial charge in [-0.2, -0.15) is 5.10 Å². The molecule has 0 aliphatic rings. The molecule has 0 saturated heterocycles. The van der Waals surface area contributed by atoms with Gasteiger partial charge in [-0.25, -0.2) is 9.97 Å². The van der Waals surface area contributed by atoms with Gasteiger partial charge in [0.15, 0.2) is 11.4 Å². The molecule has 0 saturated carbocycles. The van der Waals surface area contributed by atoms with Crippen molar-refractivity contribution in [2.45, 2.75) is 6.92 Å². The number of benzene rings is 1. The number of fused-ring (bicyclic) bond motifs is 1. The molecule has 20 heavy (non-hydrogen) atoms. The average molecular weight is 268 g/mol. The van der Waals surface area contributed by atoms with E-state index in [1.54, 1.807) is 42.2 Å². The molecule has 3 aromatic rings. The van der Waals surface area contributed by atoms with Crippen molar-refractivity contribution in [1.29, 1.82) is 0 Å². The van der Waals surface area contributed by atoms with Crippen molar-refractivity contribution in [2.75, 3.05) is 0 Å². The molecule has 0 amide bonds. The van der Waals surface area contributed by atoms with Crippen molar-refractivity contribution in [2.24, 2.45) is 7.05 Å². The number of hydrogen-bond acceptors (Lipinski definition) is 5. The number of aryl methyl sites for hydroxylation is 1. The van der Waals surface area contributed by atoms with Crippen LogP contribution in [0.5, 0.6) is 11.6 Å². The summed E-state index contributed by atoms with van der Waals surface area (Å²) in [5.41, 5.74) is 1.35. The average Bonchev–Trinajstić information content (AvgIpc) is 2.82. The predicted octanol–water partition coefficient (Wildman–Crippen LogP) is 2.36. The maximum Gasteiger partial charge on any atom is 0.233 e. The Morgan fingerprint density at radius 2 is 1.95 bits per heavy atom. The van der Waals surface area contributed by atoms with E-state index in [1.807, 2.05) is 0 Å². The molecule has 2 aromatic heterocycles. The summed E-state index contributed by atoms with van der Waals surface area (Å²) in [7, 11) is 1.81. The molecule has 0 atom stereocenters. The van der Waals surface area contributed by atoms with Crippen molar-refractivity contribution < 1.29 is 9.53 Å². The van der Waals surface area contributed by atoms with E-state index in [4.69, 9.17) is 4.74 Å². The van der Waals surface area contributed by atoms with Gasteiger partial charge in [-0.1, -0.05) is 0 Å². The third kappa shape index (κ3) is 2.11. The van der Waals surface area contributed by atoms with Crippen LogP contribution in [-0.4, -0.2) is 25.5 Å². The zero-order chi connectivity index (χ0) is 14.1. The summed E-state index contributed by atoms with van der Waals surface area (Å²) in [5, 5.41) is 4.87. The van der Waals surface area contributed by atoms with Gasteiger partial charge in [0.05, 0.1) is 6.20 Å². The van der Waals surface area contributed by atoms with E-state index in [0.717, 1.165) is 5.39 Å². The second kappa shape index (κ2) is 4.73. The highest BCUT2D eigenvalue weighted by atomic mass is 16.5. The molecular weight excluding hydrogens is 256 g/mol. The fraction of sp³-hybridized carbons (Fsp3) is 0.143. The zero-order valence-corrected chi connectivity index (χ0v) is 11.1. The minimum Gasteiger partial charge on any atom is -0.438 e. The first-order valence-electron chi connectivity index (χ1n) is 6.07. The van der Waals surface area contributed by atoms with Gasteiger partial charge in [0.2, 0.25) is 5.88 Å². The molecule has 6 heteroatoms. The normalized spacial score (nSPS) is 10.7. The molecule has 2 heterocycles. The van der Waals surface area contributed by atoms with Crippen LogP contribution in [0.25, 0.3) is 11.0 Å². The largest absolute Gasteiger partial charge is 0.438 e. The van der Waals surface area contributed by atoms with E-state index in [2.05, 4.69) is 15.1 Å². The third-order valence-corrected chi connectivity index (χ3v) is 2.97. The van der Waals surface area contributed by atoms with Crippen molar-refractivity contribution in [3.63, 3.8) is 0 Å². The number of Topliss-reactive ketones (excluding diaryl/α,β-unsaturated/α-hetero) is 1. The van der Waals surface area contributed by atoms with Crippen molar-refractivity contribution in [1.82, 2.24) is 19.7 Å². The van der Waals surface area contributed by atoms with Gasteiger partial charge < -0.3 is 4.74 Å². The number of carbonyl (C=O) groups excluding carboxylic acids is 1. The molecule has 0 bridgehead atoms. The van der Waals surface area contributed by atoms with Crippen molar-refractivity contribution in [3.05, 3.63) is 42.4 Å². The van der Waals surface area contributed by atoms with E-state index in [-0.39, 0.29) is 5.78 Å². The number of nitrogens with zero attached hydrogens (tertiary/aromatic N) is 4. The van der Waals surface area contributed by atoms with Crippen LogP contribution in [0.3, 0.4) is 0 Å². The van der Waals surface area contributed by atoms with Crippen LogP contribution in [0.2, 0.25) is 0 Å². The number of hydrogen-bond donors (Lipinski definition) is 0. The summed E-state index contributed by atoms with van der Waals surface area (Å²) >= 11 is 0. The molecule has 1 aromatic carbocycles. The fourth-order valence-electron chi connectivity index (χ4n) is 1.89. The van der Waals surface area contributed by atoms with E-state index in [9.17, 15) is 4.79 Å². The quantitative estimate of drug-likeness (QED) is 0.682. The van der Waals surface area contributed by atoms with E-state index < -0.39 is 0 Å². The maximum absolute atomic E-state index is 11.2. The molecule has 0 unspecified atom stereocenters. The number of rotatable bonds is 3. The molecule has 6 nitrogen and oxygen atoms in total. The lowest BCUT2D eigenvalue weighted by molar-refractivity contribution is 0.101. The molecule has 0 spiro atoms. The van der Waals surface area contributed by atoms with Gasteiger partial charge in [0.1, 0.15) is 17.5 Å². The van der Waals surface area contributed by atoms with Gasteiger partial charge >= 0.3 is 0 Å². The molecular formula is C14H12N4O2. The van der Waals surface area contributed by atoms with Crippen LogP contribution in [0.15, 0.2) is 36.8 Å². The SMILES string of the molecule is CC(=O)c1ccc(Oc2ncnc3c2cnn3C)cc1. The highest BCUT2D eigenvalue weighted by molar-refractivity contribution is 5.94. The summed E-state index contributed by atoms with van der Waals surface area (Å²) in [5.74, 6) is 1.07. The minimum absolute atomic E-state index is 0.0215. The molecule has 0 radical (unpaired) electrons. The Morgan fingerprint density at radius 3 is 2.65 bits per heavy atom. The van der Waals surface area contributed by atoms with Crippen LogP contribution >= 0.6 is 0 Å².